The van der Waals surface area contributed by atoms with Crippen LogP contribution in [0, 0.1) is 17.1 Å². The van der Waals surface area contributed by atoms with Crippen molar-refractivity contribution in [2.24, 2.45) is 0 Å². The van der Waals surface area contributed by atoms with Gasteiger partial charge in [0.1, 0.15) is 11.8 Å². The first-order chi connectivity index (χ1) is 7.33. The molecule has 0 saturated heterocycles. The van der Waals surface area contributed by atoms with E-state index >= 15 is 0 Å². The van der Waals surface area contributed by atoms with Gasteiger partial charge in [0.2, 0.25) is 0 Å². The lowest BCUT2D eigenvalue weighted by atomic mass is 10.1. The van der Waals surface area contributed by atoms with Gasteiger partial charge in [-0.2, -0.15) is 5.26 Å². The van der Waals surface area contributed by atoms with E-state index in [1.807, 2.05) is 0 Å². The summed E-state index contributed by atoms with van der Waals surface area (Å²) in [6.45, 7) is 0. The molecule has 0 fully saturated rings. The lowest BCUT2D eigenvalue weighted by molar-refractivity contribution is 0.621. The Morgan fingerprint density at radius 3 is 2.80 bits per heavy atom. The van der Waals surface area contributed by atoms with Crippen molar-refractivity contribution < 1.29 is 4.39 Å². The van der Waals surface area contributed by atoms with Crippen LogP contribution < -0.4 is 0 Å². The lowest BCUT2D eigenvalue weighted by Gasteiger charge is -2.01. The Hall–Kier alpha value is -2.28. The first-order valence-corrected chi connectivity index (χ1v) is 4.28. The van der Waals surface area contributed by atoms with E-state index in [0.717, 1.165) is 0 Å². The Balaban J connectivity index is 2.61. The molecular formula is C11H6FN3. The molecule has 0 aliphatic heterocycles. The van der Waals surface area contributed by atoms with Crippen molar-refractivity contribution >= 4 is 0 Å². The number of hydrogen-bond donors (Lipinski definition) is 0. The molecule has 0 aromatic carbocycles. The summed E-state index contributed by atoms with van der Waals surface area (Å²) in [5, 5.41) is 8.66. The van der Waals surface area contributed by atoms with Crippen LogP contribution in [-0.2, 0) is 0 Å². The van der Waals surface area contributed by atoms with Crippen LogP contribution in [0.15, 0.2) is 36.8 Å². The molecule has 2 aromatic rings. The van der Waals surface area contributed by atoms with E-state index in [9.17, 15) is 4.39 Å². The second-order valence-electron chi connectivity index (χ2n) is 2.87. The van der Waals surface area contributed by atoms with Crippen LogP contribution in [0.3, 0.4) is 0 Å². The standard InChI is InChI=1S/C11H6FN3/c12-10-8(6-13)3-5-15-11(10)9-2-1-4-14-7-9/h1-5,7H. The molecule has 0 atom stereocenters. The molecule has 0 aliphatic rings. The minimum absolute atomic E-state index is 0.0103. The summed E-state index contributed by atoms with van der Waals surface area (Å²) in [7, 11) is 0. The zero-order chi connectivity index (χ0) is 10.7. The highest BCUT2D eigenvalue weighted by atomic mass is 19.1. The van der Waals surface area contributed by atoms with E-state index in [1.54, 1.807) is 24.4 Å². The Bertz CT molecular complexity index is 517. The summed E-state index contributed by atoms with van der Waals surface area (Å²) in [6.07, 6.45) is 4.51. The summed E-state index contributed by atoms with van der Waals surface area (Å²) < 4.78 is 13.6. The van der Waals surface area contributed by atoms with Crippen LogP contribution >= 0.6 is 0 Å². The maximum absolute atomic E-state index is 13.6. The molecule has 0 bridgehead atoms. The molecule has 2 rings (SSSR count). The zero-order valence-corrected chi connectivity index (χ0v) is 7.68. The van der Waals surface area contributed by atoms with E-state index in [-0.39, 0.29) is 11.3 Å². The fourth-order valence-electron chi connectivity index (χ4n) is 1.23. The molecule has 15 heavy (non-hydrogen) atoms. The van der Waals surface area contributed by atoms with Gasteiger partial charge in [0, 0.05) is 24.2 Å². The number of aromatic nitrogens is 2. The first-order valence-electron chi connectivity index (χ1n) is 4.28. The van der Waals surface area contributed by atoms with Gasteiger partial charge in [-0.05, 0) is 18.2 Å². The van der Waals surface area contributed by atoms with E-state index in [1.165, 1.54) is 18.5 Å². The van der Waals surface area contributed by atoms with Crippen LogP contribution in [-0.4, -0.2) is 9.97 Å². The number of nitrogens with zero attached hydrogens (tertiary/aromatic N) is 3. The third-order valence-electron chi connectivity index (χ3n) is 1.94. The predicted octanol–water partition coefficient (Wildman–Crippen LogP) is 2.15. The number of halogens is 1. The number of pyridine rings is 2. The average molecular weight is 199 g/mol. The van der Waals surface area contributed by atoms with Crippen LogP contribution in [0.2, 0.25) is 0 Å². The SMILES string of the molecule is N#Cc1ccnc(-c2cccnc2)c1F. The normalized spacial score (nSPS) is 9.60. The first kappa shape index (κ1) is 9.28. The molecule has 72 valence electrons. The van der Waals surface area contributed by atoms with Gasteiger partial charge in [0.15, 0.2) is 5.82 Å². The van der Waals surface area contributed by atoms with Gasteiger partial charge in [0.25, 0.3) is 0 Å². The second kappa shape index (κ2) is 3.84. The highest BCUT2D eigenvalue weighted by Gasteiger charge is 2.10. The van der Waals surface area contributed by atoms with Crippen molar-refractivity contribution in [3.63, 3.8) is 0 Å². The second-order valence-corrected chi connectivity index (χ2v) is 2.87. The van der Waals surface area contributed by atoms with Crippen LogP contribution in [0.1, 0.15) is 5.56 Å². The van der Waals surface area contributed by atoms with E-state index in [0.29, 0.717) is 5.56 Å². The van der Waals surface area contributed by atoms with Crippen molar-refractivity contribution in [1.29, 1.82) is 5.26 Å². The molecule has 0 unspecified atom stereocenters. The fourth-order valence-corrected chi connectivity index (χ4v) is 1.23. The molecule has 4 heteroatoms. The lowest BCUT2D eigenvalue weighted by Crippen LogP contribution is -1.93. The molecule has 0 saturated carbocycles. The Labute approximate surface area is 85.9 Å². The van der Waals surface area contributed by atoms with Gasteiger partial charge in [0.05, 0.1) is 5.56 Å². The van der Waals surface area contributed by atoms with Gasteiger partial charge in [-0.15, -0.1) is 0 Å². The third kappa shape index (κ3) is 1.67. The summed E-state index contributed by atoms with van der Waals surface area (Å²) >= 11 is 0. The average Bonchev–Trinajstić information content (AvgIpc) is 2.30. The molecule has 3 nitrogen and oxygen atoms in total. The van der Waals surface area contributed by atoms with Crippen LogP contribution in [0.5, 0.6) is 0 Å². The number of hydrogen-bond acceptors (Lipinski definition) is 3. The highest BCUT2D eigenvalue weighted by molar-refractivity contribution is 5.60. The van der Waals surface area contributed by atoms with Crippen molar-refractivity contribution in [2.45, 2.75) is 0 Å². The minimum Gasteiger partial charge on any atom is -0.264 e. The Morgan fingerprint density at radius 2 is 2.13 bits per heavy atom. The largest absolute Gasteiger partial charge is 0.264 e. The van der Waals surface area contributed by atoms with Crippen molar-refractivity contribution in [2.75, 3.05) is 0 Å². The molecule has 0 N–H and O–H groups in total. The van der Waals surface area contributed by atoms with E-state index in [4.69, 9.17) is 5.26 Å². The molecule has 0 spiro atoms. The molecule has 0 amide bonds. The van der Waals surface area contributed by atoms with Crippen LogP contribution in [0.25, 0.3) is 11.3 Å². The van der Waals surface area contributed by atoms with Gasteiger partial charge in [-0.3, -0.25) is 9.97 Å². The molecule has 2 aromatic heterocycles. The van der Waals surface area contributed by atoms with E-state index < -0.39 is 5.82 Å². The molecule has 2 heterocycles. The van der Waals surface area contributed by atoms with Gasteiger partial charge < -0.3 is 0 Å². The quantitative estimate of drug-likeness (QED) is 0.707. The number of nitriles is 1. The van der Waals surface area contributed by atoms with Gasteiger partial charge in [-0.1, -0.05) is 0 Å². The Morgan fingerprint density at radius 1 is 1.27 bits per heavy atom. The molecule has 0 radical (unpaired) electrons. The van der Waals surface area contributed by atoms with Crippen LogP contribution in [0.4, 0.5) is 4.39 Å². The fraction of sp³-hybridized carbons (Fsp3) is 0. The summed E-state index contributed by atoms with van der Waals surface area (Å²) in [4.78, 5) is 7.76. The maximum atomic E-state index is 13.6. The predicted molar refractivity (Wildman–Crippen MR) is 52.1 cm³/mol. The zero-order valence-electron chi connectivity index (χ0n) is 7.68. The third-order valence-corrected chi connectivity index (χ3v) is 1.94. The smallest absolute Gasteiger partial charge is 0.167 e. The summed E-state index contributed by atoms with van der Waals surface area (Å²) in [6, 6.07) is 6.50. The van der Waals surface area contributed by atoms with Gasteiger partial charge >= 0.3 is 0 Å². The molecular weight excluding hydrogens is 193 g/mol. The summed E-state index contributed by atoms with van der Waals surface area (Å²) in [5.41, 5.74) is 0.707. The van der Waals surface area contributed by atoms with E-state index in [2.05, 4.69) is 9.97 Å². The molecule has 0 aliphatic carbocycles. The Kier molecular flexibility index (Phi) is 2.38. The van der Waals surface area contributed by atoms with Crippen molar-refractivity contribution in [1.82, 2.24) is 9.97 Å². The summed E-state index contributed by atoms with van der Waals surface area (Å²) in [5.74, 6) is -0.604. The number of rotatable bonds is 1. The minimum atomic E-state index is -0.604. The van der Waals surface area contributed by atoms with Crippen molar-refractivity contribution in [3.8, 4) is 17.3 Å². The van der Waals surface area contributed by atoms with Crippen molar-refractivity contribution in [3.05, 3.63) is 48.2 Å². The highest BCUT2D eigenvalue weighted by Crippen LogP contribution is 2.20. The topological polar surface area (TPSA) is 49.6 Å². The maximum Gasteiger partial charge on any atom is 0.167 e. The van der Waals surface area contributed by atoms with Gasteiger partial charge in [-0.25, -0.2) is 4.39 Å². The monoisotopic (exact) mass is 199 g/mol.